The van der Waals surface area contributed by atoms with E-state index in [-0.39, 0.29) is 0 Å². The van der Waals surface area contributed by atoms with Crippen LogP contribution >= 0.6 is 0 Å². The van der Waals surface area contributed by atoms with Crippen LogP contribution in [0.1, 0.15) is 44.1 Å². The summed E-state index contributed by atoms with van der Waals surface area (Å²) in [4.78, 5) is 0. The monoisotopic (exact) mass is 342 g/mol. The molecule has 0 aromatic heterocycles. The molecular formula is C21H30N2O2. The Morgan fingerprint density at radius 1 is 0.680 bits per heavy atom. The van der Waals surface area contributed by atoms with Gasteiger partial charge in [0.1, 0.15) is 11.5 Å². The van der Waals surface area contributed by atoms with Crippen molar-refractivity contribution in [3.8, 4) is 11.5 Å². The third kappa shape index (κ3) is 6.57. The summed E-state index contributed by atoms with van der Waals surface area (Å²) in [7, 11) is 0. The minimum Gasteiger partial charge on any atom is -0.491 e. The quantitative estimate of drug-likeness (QED) is 0.447. The van der Waals surface area contributed by atoms with Gasteiger partial charge in [-0.1, -0.05) is 49.9 Å². The maximum atomic E-state index is 6.00. The van der Waals surface area contributed by atoms with Crippen molar-refractivity contribution in [2.24, 2.45) is 0 Å². The van der Waals surface area contributed by atoms with Crippen LogP contribution in [0, 0.1) is 6.92 Å². The fraction of sp³-hybridized carbons (Fsp3) is 0.429. The highest BCUT2D eigenvalue weighted by atomic mass is 16.5. The van der Waals surface area contributed by atoms with Gasteiger partial charge in [-0.15, -0.1) is 0 Å². The van der Waals surface area contributed by atoms with Crippen molar-refractivity contribution in [3.63, 3.8) is 0 Å². The minimum absolute atomic E-state index is 0.705. The summed E-state index contributed by atoms with van der Waals surface area (Å²) in [5.41, 5.74) is 14.4. The topological polar surface area (TPSA) is 70.5 Å². The molecule has 0 radical (unpaired) electrons. The smallest absolute Gasteiger partial charge is 0.142 e. The second-order valence-electron chi connectivity index (χ2n) is 6.34. The van der Waals surface area contributed by atoms with Gasteiger partial charge in [-0.3, -0.25) is 0 Å². The van der Waals surface area contributed by atoms with Crippen LogP contribution in [0.25, 0.3) is 0 Å². The largest absolute Gasteiger partial charge is 0.491 e. The summed E-state index contributed by atoms with van der Waals surface area (Å²) >= 11 is 0. The second kappa shape index (κ2) is 10.5. The summed E-state index contributed by atoms with van der Waals surface area (Å²) in [6.45, 7) is 3.45. The molecule has 4 N–H and O–H groups in total. The molecule has 0 spiro atoms. The molecule has 25 heavy (non-hydrogen) atoms. The van der Waals surface area contributed by atoms with E-state index in [1.807, 2.05) is 49.4 Å². The number of ether oxygens (including phenoxy) is 2. The van der Waals surface area contributed by atoms with Crippen LogP contribution in [0.4, 0.5) is 11.4 Å². The Kier molecular flexibility index (Phi) is 7.96. The van der Waals surface area contributed by atoms with Crippen LogP contribution < -0.4 is 20.9 Å². The van der Waals surface area contributed by atoms with Crippen molar-refractivity contribution in [1.29, 1.82) is 0 Å². The van der Waals surface area contributed by atoms with E-state index in [1.165, 1.54) is 25.7 Å². The molecule has 4 nitrogen and oxygen atoms in total. The molecule has 2 aromatic carbocycles. The number of hydrogen-bond acceptors (Lipinski definition) is 4. The van der Waals surface area contributed by atoms with Crippen molar-refractivity contribution in [2.45, 2.75) is 45.4 Å². The number of rotatable bonds is 11. The number of hydrogen-bond donors (Lipinski definition) is 2. The zero-order chi connectivity index (χ0) is 17.9. The van der Waals surface area contributed by atoms with Gasteiger partial charge in [-0.2, -0.15) is 0 Å². The Morgan fingerprint density at radius 2 is 1.24 bits per heavy atom. The molecule has 4 heteroatoms. The van der Waals surface area contributed by atoms with Crippen LogP contribution in [0.15, 0.2) is 42.5 Å². The van der Waals surface area contributed by atoms with E-state index in [2.05, 4.69) is 0 Å². The highest BCUT2D eigenvalue weighted by Gasteiger charge is 2.02. The fourth-order valence-electron chi connectivity index (χ4n) is 2.67. The van der Waals surface area contributed by atoms with Crippen LogP contribution in [0.3, 0.4) is 0 Å². The molecule has 2 rings (SSSR count). The van der Waals surface area contributed by atoms with Gasteiger partial charge in [0.2, 0.25) is 0 Å². The molecule has 0 aliphatic heterocycles. The lowest BCUT2D eigenvalue weighted by Crippen LogP contribution is -2.02. The molecule has 0 amide bonds. The first-order valence-corrected chi connectivity index (χ1v) is 9.13. The van der Waals surface area contributed by atoms with Crippen LogP contribution in [-0.2, 0) is 0 Å². The predicted octanol–water partition coefficient (Wildman–Crippen LogP) is 4.96. The predicted molar refractivity (Wildman–Crippen MR) is 105 cm³/mol. The molecule has 0 unspecified atom stereocenters. The summed E-state index contributed by atoms with van der Waals surface area (Å²) < 4.78 is 11.5. The average molecular weight is 342 g/mol. The second-order valence-corrected chi connectivity index (χ2v) is 6.34. The highest BCUT2D eigenvalue weighted by Crippen LogP contribution is 2.24. The number of unbranched alkanes of at least 4 members (excludes halogenated alkanes) is 5. The van der Waals surface area contributed by atoms with Gasteiger partial charge in [0.25, 0.3) is 0 Å². The van der Waals surface area contributed by atoms with E-state index in [4.69, 9.17) is 20.9 Å². The summed E-state index contributed by atoms with van der Waals surface area (Å²) in [6.07, 6.45) is 6.92. The van der Waals surface area contributed by atoms with Gasteiger partial charge in [0.05, 0.1) is 24.6 Å². The molecule has 0 bridgehead atoms. The van der Waals surface area contributed by atoms with Crippen molar-refractivity contribution in [3.05, 3.63) is 48.0 Å². The number of nitrogen functional groups attached to an aromatic ring is 2. The summed E-state index contributed by atoms with van der Waals surface area (Å²) in [6, 6.07) is 13.5. The van der Waals surface area contributed by atoms with E-state index in [0.717, 1.165) is 48.8 Å². The number of anilines is 2. The van der Waals surface area contributed by atoms with Gasteiger partial charge in [0.15, 0.2) is 0 Å². The van der Waals surface area contributed by atoms with Gasteiger partial charge in [0, 0.05) is 0 Å². The molecule has 0 aliphatic rings. The molecule has 0 atom stereocenters. The van der Waals surface area contributed by atoms with Gasteiger partial charge >= 0.3 is 0 Å². The molecule has 0 saturated carbocycles. The van der Waals surface area contributed by atoms with Crippen molar-refractivity contribution in [2.75, 3.05) is 24.7 Å². The SMILES string of the molecule is Cc1cccc(OCCCCCCCCOc2ccccc2N)c1N. The Hall–Kier alpha value is -2.36. The Balaban J connectivity index is 1.46. The molecule has 0 heterocycles. The standard InChI is InChI=1S/C21H30N2O2/c1-17-11-10-14-20(21(17)23)25-16-9-5-3-2-4-8-15-24-19-13-7-6-12-18(19)22/h6-7,10-14H,2-5,8-9,15-16,22-23H2,1H3. The number of aryl methyl sites for hydroxylation is 1. The summed E-state index contributed by atoms with van der Waals surface area (Å²) in [5.74, 6) is 1.59. The van der Waals surface area contributed by atoms with Gasteiger partial charge in [-0.05, 0) is 43.5 Å². The Labute approximate surface area is 151 Å². The first kappa shape index (κ1) is 19.0. The zero-order valence-corrected chi connectivity index (χ0v) is 15.2. The lowest BCUT2D eigenvalue weighted by Gasteiger charge is -2.10. The maximum absolute atomic E-state index is 6.00. The molecule has 0 saturated heterocycles. The van der Waals surface area contributed by atoms with Crippen LogP contribution in [0.2, 0.25) is 0 Å². The summed E-state index contributed by atoms with van der Waals surface area (Å²) in [5, 5.41) is 0. The van der Waals surface area contributed by atoms with E-state index in [9.17, 15) is 0 Å². The lowest BCUT2D eigenvalue weighted by molar-refractivity contribution is 0.298. The van der Waals surface area contributed by atoms with Gasteiger partial charge in [-0.25, -0.2) is 0 Å². The number of nitrogens with two attached hydrogens (primary N) is 2. The van der Waals surface area contributed by atoms with Gasteiger partial charge < -0.3 is 20.9 Å². The molecular weight excluding hydrogens is 312 g/mol. The zero-order valence-electron chi connectivity index (χ0n) is 15.2. The highest BCUT2D eigenvalue weighted by molar-refractivity contribution is 5.57. The fourth-order valence-corrected chi connectivity index (χ4v) is 2.67. The molecule has 2 aromatic rings. The van der Waals surface area contributed by atoms with E-state index < -0.39 is 0 Å². The first-order valence-electron chi connectivity index (χ1n) is 9.13. The Morgan fingerprint density at radius 3 is 1.92 bits per heavy atom. The number of para-hydroxylation sites is 3. The van der Waals surface area contributed by atoms with Crippen molar-refractivity contribution in [1.82, 2.24) is 0 Å². The van der Waals surface area contributed by atoms with Crippen LogP contribution in [-0.4, -0.2) is 13.2 Å². The lowest BCUT2D eigenvalue weighted by atomic mass is 10.1. The average Bonchev–Trinajstić information content (AvgIpc) is 2.61. The van der Waals surface area contributed by atoms with Crippen molar-refractivity contribution >= 4 is 11.4 Å². The number of benzene rings is 2. The third-order valence-corrected chi connectivity index (χ3v) is 4.26. The minimum atomic E-state index is 0.705. The van der Waals surface area contributed by atoms with Crippen LogP contribution in [0.5, 0.6) is 11.5 Å². The maximum Gasteiger partial charge on any atom is 0.142 e. The first-order chi connectivity index (χ1) is 12.2. The van der Waals surface area contributed by atoms with E-state index in [1.54, 1.807) is 0 Å². The third-order valence-electron chi connectivity index (χ3n) is 4.26. The van der Waals surface area contributed by atoms with E-state index >= 15 is 0 Å². The molecule has 136 valence electrons. The molecule has 0 aliphatic carbocycles. The normalized spacial score (nSPS) is 10.6. The van der Waals surface area contributed by atoms with Crippen molar-refractivity contribution < 1.29 is 9.47 Å². The van der Waals surface area contributed by atoms with E-state index in [0.29, 0.717) is 5.69 Å². The Bertz CT molecular complexity index is 644. The molecule has 0 fully saturated rings.